The molecule has 0 spiro atoms. The van der Waals surface area contributed by atoms with Gasteiger partial charge in [0, 0.05) is 51.4 Å². The molecule has 0 radical (unpaired) electrons. The lowest BCUT2D eigenvalue weighted by Crippen LogP contribution is -2.52. The zero-order valence-corrected chi connectivity index (χ0v) is 21.0. The molecule has 186 valence electrons. The van der Waals surface area contributed by atoms with Gasteiger partial charge < -0.3 is 9.80 Å². The first-order chi connectivity index (χ1) is 16.8. The summed E-state index contributed by atoms with van der Waals surface area (Å²) in [4.78, 5) is 23.2. The molecule has 3 heterocycles. The second kappa shape index (κ2) is 9.73. The summed E-state index contributed by atoms with van der Waals surface area (Å²) in [5.41, 5.74) is 1.33. The van der Waals surface area contributed by atoms with Crippen molar-refractivity contribution in [2.75, 3.05) is 47.2 Å². The number of nitrogens with one attached hydrogen (secondary N) is 1. The van der Waals surface area contributed by atoms with Gasteiger partial charge in [-0.1, -0.05) is 11.6 Å². The zero-order valence-electron chi connectivity index (χ0n) is 18.6. The highest BCUT2D eigenvalue weighted by Gasteiger charge is 2.38. The highest BCUT2D eigenvalue weighted by molar-refractivity contribution is 7.93. The topological polar surface area (TPSA) is 85.9 Å². The Morgan fingerprint density at radius 3 is 2.51 bits per heavy atom. The highest BCUT2D eigenvalue weighted by Crippen LogP contribution is 2.30. The Morgan fingerprint density at radius 2 is 1.83 bits per heavy atom. The summed E-state index contributed by atoms with van der Waals surface area (Å²) in [5, 5.41) is 2.49. The van der Waals surface area contributed by atoms with Crippen LogP contribution in [-0.2, 0) is 14.8 Å². The minimum atomic E-state index is -3.75. The van der Waals surface area contributed by atoms with Crippen molar-refractivity contribution in [2.24, 2.45) is 0 Å². The predicted molar refractivity (Wildman–Crippen MR) is 137 cm³/mol. The molecule has 2 aliphatic heterocycles. The number of piperazine rings is 1. The summed E-state index contributed by atoms with van der Waals surface area (Å²) >= 11 is 7.45. The van der Waals surface area contributed by atoms with Gasteiger partial charge in [-0.2, -0.15) is 0 Å². The zero-order chi connectivity index (χ0) is 24.6. The lowest BCUT2D eigenvalue weighted by Gasteiger charge is -2.38. The van der Waals surface area contributed by atoms with Gasteiger partial charge in [0.05, 0.1) is 21.6 Å². The number of sulfonamides is 1. The van der Waals surface area contributed by atoms with Gasteiger partial charge in [0.15, 0.2) is 5.13 Å². The first-order valence-corrected chi connectivity index (χ1v) is 13.8. The molecule has 0 unspecified atom stereocenters. The Hall–Kier alpha value is -2.73. The molecule has 1 aromatic heterocycles. The molecule has 3 aromatic rings. The van der Waals surface area contributed by atoms with E-state index in [2.05, 4.69) is 14.6 Å². The molecule has 12 heteroatoms. The Morgan fingerprint density at radius 1 is 1.09 bits per heavy atom. The van der Waals surface area contributed by atoms with Crippen molar-refractivity contribution in [3.8, 4) is 0 Å². The van der Waals surface area contributed by atoms with Gasteiger partial charge in [-0.15, -0.1) is 11.3 Å². The largest absolute Gasteiger partial charge is 0.368 e. The third-order valence-corrected chi connectivity index (χ3v) is 8.79. The van der Waals surface area contributed by atoms with Crippen LogP contribution in [-0.4, -0.2) is 63.0 Å². The van der Waals surface area contributed by atoms with Gasteiger partial charge in [0.1, 0.15) is 5.82 Å². The molecule has 0 aliphatic carbocycles. The first kappa shape index (κ1) is 24.0. The van der Waals surface area contributed by atoms with E-state index in [0.29, 0.717) is 60.7 Å². The van der Waals surface area contributed by atoms with Crippen LogP contribution >= 0.6 is 22.9 Å². The van der Waals surface area contributed by atoms with Crippen LogP contribution in [0.15, 0.2) is 58.9 Å². The fraction of sp³-hybridized carbons (Fsp3) is 0.304. The third-order valence-electron chi connectivity index (χ3n) is 6.29. The fourth-order valence-electron chi connectivity index (χ4n) is 4.52. The second-order valence-electron chi connectivity index (χ2n) is 8.35. The van der Waals surface area contributed by atoms with Gasteiger partial charge in [0.25, 0.3) is 10.0 Å². The van der Waals surface area contributed by atoms with Crippen molar-refractivity contribution < 1.29 is 19.0 Å². The van der Waals surface area contributed by atoms with E-state index in [1.165, 1.54) is 41.8 Å². The molecule has 35 heavy (non-hydrogen) atoms. The predicted octanol–water partition coefficient (Wildman–Crippen LogP) is 3.91. The van der Waals surface area contributed by atoms with Crippen molar-refractivity contribution in [2.45, 2.75) is 17.4 Å². The minimum absolute atomic E-state index is 0. The first-order valence-electron chi connectivity index (χ1n) is 11.1. The number of nitrogens with zero attached hydrogens (tertiary/aromatic N) is 4. The maximum atomic E-state index is 13.7. The van der Waals surface area contributed by atoms with Crippen LogP contribution in [0.3, 0.4) is 0 Å². The van der Waals surface area contributed by atoms with E-state index in [0.717, 1.165) is 0 Å². The van der Waals surface area contributed by atoms with E-state index in [9.17, 15) is 17.6 Å². The number of benzene rings is 2. The van der Waals surface area contributed by atoms with E-state index in [1.54, 1.807) is 28.5 Å². The minimum Gasteiger partial charge on any atom is -0.368 e. The quantitative estimate of drug-likeness (QED) is 0.513. The summed E-state index contributed by atoms with van der Waals surface area (Å²) in [6, 6.07) is 10.4. The number of thiazole rings is 1. The van der Waals surface area contributed by atoms with E-state index in [1.807, 2.05) is 4.90 Å². The lowest BCUT2D eigenvalue weighted by molar-refractivity contribution is -0.121. The SMILES string of the molecule is O=C1[C@@H](N2CCN(c3cc(F)ccc3Cl)CC2)CCN1c1ccc(S(=O)(=O)Nc2nccs2)cc1.[HH]. The monoisotopic (exact) mass is 537 g/mol. The number of halogens is 2. The van der Waals surface area contributed by atoms with Crippen LogP contribution in [0, 0.1) is 5.82 Å². The number of carbonyl (C=O) groups is 1. The fourth-order valence-corrected chi connectivity index (χ4v) is 6.54. The second-order valence-corrected chi connectivity index (χ2v) is 11.3. The molecule has 2 fully saturated rings. The number of aromatic nitrogens is 1. The molecule has 1 amide bonds. The van der Waals surface area contributed by atoms with Gasteiger partial charge in [-0.3, -0.25) is 14.4 Å². The number of rotatable bonds is 6. The van der Waals surface area contributed by atoms with E-state index >= 15 is 0 Å². The highest BCUT2D eigenvalue weighted by atomic mass is 35.5. The average molecular weight is 538 g/mol. The van der Waals surface area contributed by atoms with Gasteiger partial charge in [-0.05, 0) is 48.9 Å². The molecule has 1 N–H and O–H groups in total. The Balaban J connectivity index is 0.00000304. The van der Waals surface area contributed by atoms with Crippen LogP contribution in [0.5, 0.6) is 0 Å². The van der Waals surface area contributed by atoms with Crippen LogP contribution in [0.1, 0.15) is 7.85 Å². The normalized spacial score (nSPS) is 19.4. The van der Waals surface area contributed by atoms with E-state index in [-0.39, 0.29) is 24.1 Å². The number of amides is 1. The van der Waals surface area contributed by atoms with Crippen LogP contribution < -0.4 is 14.5 Å². The number of hydrogen-bond donors (Lipinski definition) is 1. The molecular weight excluding hydrogens is 513 g/mol. The number of hydrogen-bond acceptors (Lipinski definition) is 7. The van der Waals surface area contributed by atoms with Crippen molar-refractivity contribution in [3.63, 3.8) is 0 Å². The third kappa shape index (κ3) is 4.99. The molecule has 5 rings (SSSR count). The summed E-state index contributed by atoms with van der Waals surface area (Å²) in [7, 11) is -3.75. The van der Waals surface area contributed by atoms with E-state index < -0.39 is 10.0 Å². The average Bonchev–Trinajstić information content (AvgIpc) is 3.50. The molecule has 2 aromatic carbocycles. The summed E-state index contributed by atoms with van der Waals surface area (Å²) in [6.07, 6.45) is 2.21. The van der Waals surface area contributed by atoms with Gasteiger partial charge >= 0.3 is 0 Å². The number of carbonyl (C=O) groups excluding carboxylic acids is 1. The molecular formula is C23H25ClFN5O3S2. The number of anilines is 3. The molecule has 0 bridgehead atoms. The van der Waals surface area contributed by atoms with E-state index in [4.69, 9.17) is 11.6 Å². The van der Waals surface area contributed by atoms with Gasteiger partial charge in [-0.25, -0.2) is 17.8 Å². The summed E-state index contributed by atoms with van der Waals surface area (Å²) in [5.74, 6) is -0.329. The smallest absolute Gasteiger partial charge is 0.263 e. The van der Waals surface area contributed by atoms with Crippen molar-refractivity contribution in [3.05, 3.63) is 64.9 Å². The molecule has 8 nitrogen and oxygen atoms in total. The summed E-state index contributed by atoms with van der Waals surface area (Å²) in [6.45, 7) is 3.17. The molecule has 0 saturated carbocycles. The Bertz CT molecular complexity index is 1320. The molecule has 2 saturated heterocycles. The molecule has 1 atom stereocenters. The van der Waals surface area contributed by atoms with Gasteiger partial charge in [0.2, 0.25) is 5.91 Å². The van der Waals surface area contributed by atoms with Crippen molar-refractivity contribution in [1.29, 1.82) is 0 Å². The van der Waals surface area contributed by atoms with Crippen molar-refractivity contribution >= 4 is 55.4 Å². The van der Waals surface area contributed by atoms with Crippen LogP contribution in [0.2, 0.25) is 5.02 Å². The standard InChI is InChI=1S/C23H23ClFN5O3S2.H2/c24-19-6-1-16(25)15-21(19)29-12-10-28(11-13-29)20-7-9-30(22(20)31)17-2-4-18(5-3-17)35(32,33)27-23-26-8-14-34-23;/h1-6,8,14-15,20H,7,9-13H2,(H,26,27);1H/t20-;/m0./s1. The Labute approximate surface area is 213 Å². The maximum absolute atomic E-state index is 13.7. The summed E-state index contributed by atoms with van der Waals surface area (Å²) < 4.78 is 41.2. The molecule has 2 aliphatic rings. The lowest BCUT2D eigenvalue weighted by atomic mass is 10.1. The van der Waals surface area contributed by atoms with Crippen molar-refractivity contribution in [1.82, 2.24) is 9.88 Å². The Kier molecular flexibility index (Phi) is 6.67. The van der Waals surface area contributed by atoms with Crippen LogP contribution in [0.25, 0.3) is 0 Å². The van der Waals surface area contributed by atoms with Crippen LogP contribution in [0.4, 0.5) is 20.9 Å². The maximum Gasteiger partial charge on any atom is 0.263 e.